The summed E-state index contributed by atoms with van der Waals surface area (Å²) in [7, 11) is 1.30. The third kappa shape index (κ3) is 4.61. The molecule has 0 saturated carbocycles. The maximum atomic E-state index is 12.3. The number of carbonyl (C=O) groups is 2. The first kappa shape index (κ1) is 17.6. The molecule has 5 nitrogen and oxygen atoms in total. The molecular weight excluding hydrogens is 327 g/mol. The lowest BCUT2D eigenvalue weighted by Crippen LogP contribution is -2.32. The lowest BCUT2D eigenvalue weighted by atomic mass is 9.98. The van der Waals surface area contributed by atoms with Crippen LogP contribution in [0.2, 0.25) is 0 Å². The largest absolute Gasteiger partial charge is 0.573 e. The van der Waals surface area contributed by atoms with E-state index in [9.17, 15) is 22.8 Å². The molecule has 0 aliphatic heterocycles. The zero-order chi connectivity index (χ0) is 17.7. The van der Waals surface area contributed by atoms with E-state index in [1.165, 1.54) is 19.2 Å². The number of alkyl halides is 3. The summed E-state index contributed by atoms with van der Waals surface area (Å²) < 4.78 is 40.4. The molecule has 0 saturated heterocycles. The van der Waals surface area contributed by atoms with Gasteiger partial charge in [0.25, 0.3) is 5.91 Å². The van der Waals surface area contributed by atoms with Gasteiger partial charge in [0.1, 0.15) is 5.75 Å². The molecule has 0 aromatic heterocycles. The second kappa shape index (κ2) is 7.20. The molecule has 2 rings (SSSR count). The predicted molar refractivity (Wildman–Crippen MR) is 78.0 cm³/mol. The topological polar surface area (TPSA) is 55.8 Å². The molecule has 1 amide bonds. The van der Waals surface area contributed by atoms with Crippen molar-refractivity contribution in [3.63, 3.8) is 0 Å². The average Bonchev–Trinajstić information content (AvgIpc) is 2.52. The van der Waals surface area contributed by atoms with Crippen molar-refractivity contribution in [2.24, 2.45) is 0 Å². The van der Waals surface area contributed by atoms with Crippen LogP contribution in [0.3, 0.4) is 0 Å². The van der Waals surface area contributed by atoms with E-state index >= 15 is 0 Å². The first-order chi connectivity index (χ1) is 11.3. The average molecular weight is 341 g/mol. The highest BCUT2D eigenvalue weighted by Gasteiger charge is 2.31. The van der Waals surface area contributed by atoms with Crippen molar-refractivity contribution < 1.29 is 32.3 Å². The highest BCUT2D eigenvalue weighted by Crippen LogP contribution is 2.27. The van der Waals surface area contributed by atoms with E-state index in [2.05, 4.69) is 4.74 Å². The molecule has 0 unspecified atom stereocenters. The van der Waals surface area contributed by atoms with E-state index in [0.29, 0.717) is 19.1 Å². The van der Waals surface area contributed by atoms with Crippen LogP contribution in [0.5, 0.6) is 11.5 Å². The molecule has 0 fully saturated rings. The second-order valence-corrected chi connectivity index (χ2v) is 4.89. The molecular formula is C16H14F3NO4. The van der Waals surface area contributed by atoms with Crippen LogP contribution >= 0.6 is 0 Å². The minimum atomic E-state index is -4.82. The number of hydrogen-bond acceptors (Lipinski definition) is 4. The number of allylic oxidation sites excluding steroid dienone is 2. The van der Waals surface area contributed by atoms with Gasteiger partial charge in [-0.1, -0.05) is 18.2 Å². The van der Waals surface area contributed by atoms with Gasteiger partial charge in [-0.3, -0.25) is 9.59 Å². The van der Waals surface area contributed by atoms with Crippen molar-refractivity contribution in [1.82, 2.24) is 5.06 Å². The molecule has 0 heterocycles. The van der Waals surface area contributed by atoms with Gasteiger partial charge in [0.15, 0.2) is 12.0 Å². The predicted octanol–water partition coefficient (Wildman–Crippen LogP) is 3.18. The van der Waals surface area contributed by atoms with Gasteiger partial charge < -0.3 is 9.57 Å². The van der Waals surface area contributed by atoms with Crippen molar-refractivity contribution in [3.8, 4) is 11.5 Å². The summed E-state index contributed by atoms with van der Waals surface area (Å²) >= 11 is 0. The summed E-state index contributed by atoms with van der Waals surface area (Å²) in [6, 6.07) is 4.78. The molecule has 1 aromatic carbocycles. The smallest absolute Gasteiger partial charge is 0.406 e. The van der Waals surface area contributed by atoms with Crippen LogP contribution in [-0.4, -0.2) is 30.7 Å². The minimum Gasteiger partial charge on any atom is -0.406 e. The second-order valence-electron chi connectivity index (χ2n) is 4.89. The number of hydrogen-bond donors (Lipinski definition) is 0. The van der Waals surface area contributed by atoms with Crippen molar-refractivity contribution in [1.29, 1.82) is 0 Å². The highest BCUT2D eigenvalue weighted by molar-refractivity contribution is 6.04. The standard InChI is InChI=1S/C16H14F3NO4/c1-20(15(22)14-8-3-2-5-11(14)10-21)24-13-7-4-6-12(9-13)23-16(17,18)19/h4-10H,2-3H2,1H3. The fraction of sp³-hybridized carbons (Fsp3) is 0.250. The summed E-state index contributed by atoms with van der Waals surface area (Å²) in [4.78, 5) is 28.5. The summed E-state index contributed by atoms with van der Waals surface area (Å²) in [5.41, 5.74) is 0.456. The van der Waals surface area contributed by atoms with E-state index < -0.39 is 18.0 Å². The van der Waals surface area contributed by atoms with Gasteiger partial charge in [0, 0.05) is 24.3 Å². The number of likely N-dealkylation sites (N-methyl/N-ethyl adjacent to an activating group) is 1. The molecule has 1 aliphatic carbocycles. The lowest BCUT2D eigenvalue weighted by molar-refractivity contribution is -0.274. The highest BCUT2D eigenvalue weighted by atomic mass is 19.4. The van der Waals surface area contributed by atoms with E-state index in [4.69, 9.17) is 4.84 Å². The molecule has 0 N–H and O–H groups in total. The lowest BCUT2D eigenvalue weighted by Gasteiger charge is -2.21. The molecule has 128 valence electrons. The van der Waals surface area contributed by atoms with Crippen LogP contribution < -0.4 is 9.57 Å². The van der Waals surface area contributed by atoms with Crippen LogP contribution in [0.15, 0.2) is 47.6 Å². The normalized spacial score (nSPS) is 14.3. The Labute approximate surface area is 135 Å². The summed E-state index contributed by atoms with van der Waals surface area (Å²) in [6.07, 6.45) is 0.291. The van der Waals surface area contributed by atoms with Crippen LogP contribution in [0.1, 0.15) is 12.8 Å². The minimum absolute atomic E-state index is 0.0133. The Hall–Kier alpha value is -2.77. The number of nitrogens with zero attached hydrogens (tertiary/aromatic N) is 1. The van der Waals surface area contributed by atoms with Crippen LogP contribution in [-0.2, 0) is 9.59 Å². The fourth-order valence-electron chi connectivity index (χ4n) is 2.11. The van der Waals surface area contributed by atoms with E-state index in [-0.39, 0.29) is 16.9 Å². The zero-order valence-electron chi connectivity index (χ0n) is 12.7. The number of hydroxylamine groups is 2. The Balaban J connectivity index is 2.09. The number of amides is 1. The van der Waals surface area contributed by atoms with Crippen molar-refractivity contribution in [2.75, 3.05) is 7.05 Å². The molecule has 0 atom stereocenters. The van der Waals surface area contributed by atoms with Crippen LogP contribution in [0.25, 0.3) is 0 Å². The van der Waals surface area contributed by atoms with Gasteiger partial charge in [-0.05, 0) is 25.0 Å². The number of halogens is 3. The van der Waals surface area contributed by atoms with Gasteiger partial charge in [0.2, 0.25) is 0 Å². The maximum Gasteiger partial charge on any atom is 0.573 e. The van der Waals surface area contributed by atoms with Crippen molar-refractivity contribution >= 4 is 12.2 Å². The Bertz CT molecular complexity index is 695. The zero-order valence-corrected chi connectivity index (χ0v) is 12.7. The Morgan fingerprint density at radius 1 is 1.21 bits per heavy atom. The summed E-state index contributed by atoms with van der Waals surface area (Å²) in [6.45, 7) is 0. The van der Waals surface area contributed by atoms with Gasteiger partial charge >= 0.3 is 6.36 Å². The monoisotopic (exact) mass is 341 g/mol. The van der Waals surface area contributed by atoms with Gasteiger partial charge in [-0.25, -0.2) is 0 Å². The Morgan fingerprint density at radius 3 is 2.54 bits per heavy atom. The maximum absolute atomic E-state index is 12.3. The van der Waals surface area contributed by atoms with Gasteiger partial charge in [-0.2, -0.15) is 5.06 Å². The third-order valence-corrected chi connectivity index (χ3v) is 3.12. The van der Waals surface area contributed by atoms with E-state index in [1.54, 1.807) is 12.2 Å². The van der Waals surface area contributed by atoms with E-state index in [0.717, 1.165) is 17.2 Å². The van der Waals surface area contributed by atoms with Gasteiger partial charge in [-0.15, -0.1) is 13.2 Å². The molecule has 0 radical (unpaired) electrons. The number of aldehydes is 1. The number of benzene rings is 1. The molecule has 0 spiro atoms. The number of carbonyl (C=O) groups excluding carboxylic acids is 2. The summed E-state index contributed by atoms with van der Waals surface area (Å²) in [5.74, 6) is -1.05. The van der Waals surface area contributed by atoms with Crippen LogP contribution in [0.4, 0.5) is 13.2 Å². The number of ether oxygens (including phenoxy) is 1. The first-order valence-corrected chi connectivity index (χ1v) is 6.98. The Morgan fingerprint density at radius 2 is 1.88 bits per heavy atom. The molecule has 24 heavy (non-hydrogen) atoms. The molecule has 0 bridgehead atoms. The van der Waals surface area contributed by atoms with Crippen molar-refractivity contribution in [3.05, 3.63) is 47.6 Å². The van der Waals surface area contributed by atoms with Crippen molar-refractivity contribution in [2.45, 2.75) is 19.2 Å². The molecule has 1 aromatic rings. The SMILES string of the molecule is CN(Oc1cccc(OC(F)(F)F)c1)C(=O)C1=CCCC=C1C=O. The third-order valence-electron chi connectivity index (χ3n) is 3.12. The molecule has 1 aliphatic rings. The first-order valence-electron chi connectivity index (χ1n) is 6.98. The Kier molecular flexibility index (Phi) is 5.28. The quantitative estimate of drug-likeness (QED) is 0.610. The number of rotatable bonds is 5. The molecule has 8 heteroatoms. The van der Waals surface area contributed by atoms with Crippen LogP contribution in [0, 0.1) is 0 Å². The summed E-state index contributed by atoms with van der Waals surface area (Å²) in [5, 5.41) is 0.848. The fourth-order valence-corrected chi connectivity index (χ4v) is 2.11. The van der Waals surface area contributed by atoms with E-state index in [1.807, 2.05) is 0 Å². The van der Waals surface area contributed by atoms with Gasteiger partial charge in [0.05, 0.1) is 0 Å².